The van der Waals surface area contributed by atoms with Gasteiger partial charge in [0.05, 0.1) is 0 Å². The summed E-state index contributed by atoms with van der Waals surface area (Å²) in [7, 11) is 0. The minimum Gasteiger partial charge on any atom is -0.207 e. The molecular formula is C17H25F. The lowest BCUT2D eigenvalue weighted by molar-refractivity contribution is 0.318. The predicted octanol–water partition coefficient (Wildman–Crippen LogP) is 5.46. The number of benzene rings is 1. The Kier molecular flexibility index (Phi) is 4.79. The minimum atomic E-state index is 0.00645. The van der Waals surface area contributed by atoms with Gasteiger partial charge in [0.25, 0.3) is 0 Å². The molecule has 1 aromatic carbocycles. The van der Waals surface area contributed by atoms with Crippen LogP contribution in [0.1, 0.15) is 69.4 Å². The van der Waals surface area contributed by atoms with E-state index in [0.29, 0.717) is 5.92 Å². The van der Waals surface area contributed by atoms with E-state index in [4.69, 9.17) is 0 Å². The van der Waals surface area contributed by atoms with E-state index in [1.807, 2.05) is 6.07 Å². The summed E-state index contributed by atoms with van der Waals surface area (Å²) >= 11 is 0. The van der Waals surface area contributed by atoms with Crippen molar-refractivity contribution < 1.29 is 4.39 Å². The third-order valence-electron chi connectivity index (χ3n) is 4.49. The topological polar surface area (TPSA) is 0 Å². The Bertz CT molecular complexity index is 375. The first-order chi connectivity index (χ1) is 8.74. The third-order valence-corrected chi connectivity index (χ3v) is 4.49. The Morgan fingerprint density at radius 2 is 1.83 bits per heavy atom. The normalized spacial score (nSPS) is 24.2. The van der Waals surface area contributed by atoms with Crippen molar-refractivity contribution in [1.82, 2.24) is 0 Å². The molecule has 0 saturated heterocycles. The third kappa shape index (κ3) is 3.13. The van der Waals surface area contributed by atoms with Gasteiger partial charge >= 0.3 is 0 Å². The molecule has 0 nitrogen and oxygen atoms in total. The Hall–Kier alpha value is -0.850. The van der Waals surface area contributed by atoms with Gasteiger partial charge in [-0.05, 0) is 61.1 Å². The summed E-state index contributed by atoms with van der Waals surface area (Å²) in [5, 5.41) is 0. The monoisotopic (exact) mass is 248 g/mol. The maximum Gasteiger partial charge on any atom is 0.126 e. The molecule has 1 aliphatic carbocycles. The molecule has 0 atom stereocenters. The Balaban J connectivity index is 2.03. The first-order valence-corrected chi connectivity index (χ1v) is 7.52. The molecule has 0 N–H and O–H groups in total. The molecule has 1 heteroatoms. The van der Waals surface area contributed by atoms with Crippen LogP contribution in [0.3, 0.4) is 0 Å². The summed E-state index contributed by atoms with van der Waals surface area (Å²) in [5.74, 6) is 1.51. The van der Waals surface area contributed by atoms with Crippen LogP contribution in [0.2, 0.25) is 0 Å². The SMILES string of the molecule is CCCc1ccc(C2CCC(CC)CC2)cc1F. The van der Waals surface area contributed by atoms with Gasteiger partial charge in [-0.1, -0.05) is 38.8 Å². The maximum absolute atomic E-state index is 13.9. The van der Waals surface area contributed by atoms with Crippen molar-refractivity contribution >= 4 is 0 Å². The molecule has 0 radical (unpaired) electrons. The smallest absolute Gasteiger partial charge is 0.126 e. The molecule has 1 aromatic rings. The van der Waals surface area contributed by atoms with Gasteiger partial charge in [-0.25, -0.2) is 4.39 Å². The fraction of sp³-hybridized carbons (Fsp3) is 0.647. The second-order valence-corrected chi connectivity index (χ2v) is 5.73. The number of rotatable bonds is 4. The summed E-state index contributed by atoms with van der Waals surface area (Å²) in [6, 6.07) is 5.95. The highest BCUT2D eigenvalue weighted by Crippen LogP contribution is 2.37. The molecule has 1 saturated carbocycles. The maximum atomic E-state index is 13.9. The van der Waals surface area contributed by atoms with Crippen LogP contribution in [0.5, 0.6) is 0 Å². The first-order valence-electron chi connectivity index (χ1n) is 7.52. The van der Waals surface area contributed by atoms with Gasteiger partial charge in [-0.2, -0.15) is 0 Å². The number of hydrogen-bond acceptors (Lipinski definition) is 0. The first kappa shape index (κ1) is 13.6. The van der Waals surface area contributed by atoms with Gasteiger partial charge in [0, 0.05) is 0 Å². The van der Waals surface area contributed by atoms with E-state index < -0.39 is 0 Å². The highest BCUT2D eigenvalue weighted by molar-refractivity contribution is 5.27. The molecule has 0 unspecified atom stereocenters. The number of aryl methyl sites for hydroxylation is 1. The summed E-state index contributed by atoms with van der Waals surface area (Å²) in [6.45, 7) is 4.38. The zero-order valence-corrected chi connectivity index (χ0v) is 11.7. The van der Waals surface area contributed by atoms with E-state index in [0.717, 1.165) is 24.3 Å². The van der Waals surface area contributed by atoms with Crippen LogP contribution in [0.25, 0.3) is 0 Å². The van der Waals surface area contributed by atoms with Crippen LogP contribution in [-0.4, -0.2) is 0 Å². The van der Waals surface area contributed by atoms with Gasteiger partial charge in [0.15, 0.2) is 0 Å². The standard InChI is InChI=1S/C17H25F/c1-3-5-15-10-11-16(12-17(15)18)14-8-6-13(4-2)7-9-14/h10-14H,3-9H2,1-2H3. The van der Waals surface area contributed by atoms with Crippen LogP contribution >= 0.6 is 0 Å². The fourth-order valence-corrected chi connectivity index (χ4v) is 3.19. The fourth-order valence-electron chi connectivity index (χ4n) is 3.19. The largest absolute Gasteiger partial charge is 0.207 e. The van der Waals surface area contributed by atoms with E-state index >= 15 is 0 Å². The molecule has 1 aliphatic rings. The molecule has 0 aromatic heterocycles. The lowest BCUT2D eigenvalue weighted by Gasteiger charge is -2.28. The molecule has 100 valence electrons. The second-order valence-electron chi connectivity index (χ2n) is 5.73. The minimum absolute atomic E-state index is 0.00645. The molecule has 1 fully saturated rings. The van der Waals surface area contributed by atoms with E-state index in [1.165, 1.54) is 37.7 Å². The highest BCUT2D eigenvalue weighted by atomic mass is 19.1. The van der Waals surface area contributed by atoms with Crippen molar-refractivity contribution in [2.24, 2.45) is 5.92 Å². The molecule has 18 heavy (non-hydrogen) atoms. The zero-order chi connectivity index (χ0) is 13.0. The average molecular weight is 248 g/mol. The Labute approximate surface area is 111 Å². The Morgan fingerprint density at radius 1 is 1.11 bits per heavy atom. The molecule has 0 aliphatic heterocycles. The molecule has 0 bridgehead atoms. The van der Waals surface area contributed by atoms with Crippen molar-refractivity contribution in [2.75, 3.05) is 0 Å². The van der Waals surface area contributed by atoms with Crippen molar-refractivity contribution in [3.8, 4) is 0 Å². The summed E-state index contributed by atoms with van der Waals surface area (Å²) in [5.41, 5.74) is 2.10. The molecule has 0 heterocycles. The highest BCUT2D eigenvalue weighted by Gasteiger charge is 2.21. The summed E-state index contributed by atoms with van der Waals surface area (Å²) < 4.78 is 13.9. The molecule has 2 rings (SSSR count). The van der Waals surface area contributed by atoms with Gasteiger partial charge in [-0.15, -0.1) is 0 Å². The molecular weight excluding hydrogens is 223 g/mol. The van der Waals surface area contributed by atoms with Crippen LogP contribution < -0.4 is 0 Å². The second kappa shape index (κ2) is 6.36. The van der Waals surface area contributed by atoms with Gasteiger partial charge in [0.2, 0.25) is 0 Å². The average Bonchev–Trinajstić information content (AvgIpc) is 2.41. The number of halogens is 1. The van der Waals surface area contributed by atoms with Crippen molar-refractivity contribution in [2.45, 2.75) is 64.7 Å². The quantitative estimate of drug-likeness (QED) is 0.663. The lowest BCUT2D eigenvalue weighted by atomic mass is 9.77. The zero-order valence-electron chi connectivity index (χ0n) is 11.7. The van der Waals surface area contributed by atoms with Crippen LogP contribution in [0.4, 0.5) is 4.39 Å². The van der Waals surface area contributed by atoms with Crippen molar-refractivity contribution in [1.29, 1.82) is 0 Å². The van der Waals surface area contributed by atoms with E-state index in [-0.39, 0.29) is 5.82 Å². The predicted molar refractivity (Wildman–Crippen MR) is 75.4 cm³/mol. The summed E-state index contributed by atoms with van der Waals surface area (Å²) in [4.78, 5) is 0. The van der Waals surface area contributed by atoms with E-state index in [2.05, 4.69) is 19.9 Å². The van der Waals surface area contributed by atoms with Crippen LogP contribution in [0.15, 0.2) is 18.2 Å². The number of hydrogen-bond donors (Lipinski definition) is 0. The van der Waals surface area contributed by atoms with Crippen LogP contribution in [0, 0.1) is 11.7 Å². The van der Waals surface area contributed by atoms with Gasteiger partial charge < -0.3 is 0 Å². The van der Waals surface area contributed by atoms with Crippen molar-refractivity contribution in [3.63, 3.8) is 0 Å². The van der Waals surface area contributed by atoms with Crippen molar-refractivity contribution in [3.05, 3.63) is 35.1 Å². The van der Waals surface area contributed by atoms with Gasteiger partial charge in [0.1, 0.15) is 5.82 Å². The molecule has 0 amide bonds. The van der Waals surface area contributed by atoms with E-state index in [1.54, 1.807) is 6.07 Å². The van der Waals surface area contributed by atoms with Gasteiger partial charge in [-0.3, -0.25) is 0 Å². The lowest BCUT2D eigenvalue weighted by Crippen LogP contribution is -2.13. The molecule has 0 spiro atoms. The van der Waals surface area contributed by atoms with E-state index in [9.17, 15) is 4.39 Å². The summed E-state index contributed by atoms with van der Waals surface area (Å²) in [6.07, 6.45) is 8.29. The van der Waals surface area contributed by atoms with Crippen LogP contribution in [-0.2, 0) is 6.42 Å². The Morgan fingerprint density at radius 3 is 2.39 bits per heavy atom.